The average Bonchev–Trinajstić information content (AvgIpc) is 2.40. The van der Waals surface area contributed by atoms with Crippen molar-refractivity contribution in [3.05, 3.63) is 57.0 Å². The lowest BCUT2D eigenvalue weighted by molar-refractivity contribution is 0.102. The van der Waals surface area contributed by atoms with E-state index in [-0.39, 0.29) is 16.3 Å². The number of aromatic hydroxyl groups is 1. The number of carbonyl (C=O) groups excluding carboxylic acids is 1. The number of rotatable bonds is 3. The second kappa shape index (κ2) is 6.43. The summed E-state index contributed by atoms with van der Waals surface area (Å²) in [5.41, 5.74) is 6.67. The molecule has 4 N–H and O–H groups in total. The summed E-state index contributed by atoms with van der Waals surface area (Å²) in [7, 11) is 0. The van der Waals surface area contributed by atoms with Crippen LogP contribution in [0.5, 0.6) is 5.75 Å². The first-order chi connectivity index (χ1) is 9.88. The number of nitrogens with one attached hydrogen (secondary N) is 1. The van der Waals surface area contributed by atoms with Crippen LogP contribution < -0.4 is 11.1 Å². The van der Waals surface area contributed by atoms with Crippen molar-refractivity contribution in [2.45, 2.75) is 0 Å². The minimum absolute atomic E-state index is 0.127. The molecule has 0 spiro atoms. The molecule has 0 radical (unpaired) electrons. The van der Waals surface area contributed by atoms with E-state index in [1.54, 1.807) is 24.3 Å². The second-order valence-electron chi connectivity index (χ2n) is 4.17. The van der Waals surface area contributed by atoms with Crippen LogP contribution >= 0.6 is 39.7 Å². The number of phenols is 1. The molecule has 0 unspecified atom stereocenters. The quantitative estimate of drug-likeness (QED) is 0.704. The van der Waals surface area contributed by atoms with Crippen molar-refractivity contribution in [3.8, 4) is 5.75 Å². The normalized spacial score (nSPS) is 10.2. The first kappa shape index (κ1) is 15.8. The van der Waals surface area contributed by atoms with E-state index in [1.165, 1.54) is 12.1 Å². The number of carbonyl (C=O) groups is 1. The highest BCUT2D eigenvalue weighted by atomic mass is 79.9. The van der Waals surface area contributed by atoms with Gasteiger partial charge in [0.15, 0.2) is 0 Å². The van der Waals surface area contributed by atoms with Gasteiger partial charge >= 0.3 is 0 Å². The summed E-state index contributed by atoms with van der Waals surface area (Å²) in [6.07, 6.45) is 0. The number of halogens is 2. The molecule has 108 valence electrons. The summed E-state index contributed by atoms with van der Waals surface area (Å²) < 4.78 is 0.676. The largest absolute Gasteiger partial charge is 0.507 e. The fraction of sp³-hybridized carbons (Fsp3) is 0. The Hall–Kier alpha value is -1.63. The van der Waals surface area contributed by atoms with E-state index < -0.39 is 5.91 Å². The smallest absolute Gasteiger partial charge is 0.259 e. The zero-order chi connectivity index (χ0) is 15.6. The number of hydrogen-bond acceptors (Lipinski definition) is 3. The summed E-state index contributed by atoms with van der Waals surface area (Å²) >= 11 is 14.1. The van der Waals surface area contributed by atoms with Crippen molar-refractivity contribution in [1.82, 2.24) is 0 Å². The molecule has 0 atom stereocenters. The Labute approximate surface area is 140 Å². The Morgan fingerprint density at radius 3 is 2.57 bits per heavy atom. The van der Waals surface area contributed by atoms with Gasteiger partial charge in [-0.15, -0.1) is 0 Å². The third kappa shape index (κ3) is 3.72. The van der Waals surface area contributed by atoms with Gasteiger partial charge in [0, 0.05) is 10.0 Å². The standard InChI is InChI=1S/C14H10BrClN2O2S/c15-8-2-3-9(12(19)6-8)14(20)18-11-4-1-7(13(17)21)5-10(11)16/h1-6,19H,(H2,17,21)(H,18,20). The van der Waals surface area contributed by atoms with Crippen molar-refractivity contribution in [2.75, 3.05) is 5.32 Å². The maximum Gasteiger partial charge on any atom is 0.259 e. The van der Waals surface area contributed by atoms with Gasteiger partial charge in [-0.2, -0.15) is 0 Å². The van der Waals surface area contributed by atoms with Gasteiger partial charge in [0.2, 0.25) is 0 Å². The molecule has 21 heavy (non-hydrogen) atoms. The number of amides is 1. The van der Waals surface area contributed by atoms with Crippen molar-refractivity contribution in [2.24, 2.45) is 5.73 Å². The molecule has 1 amide bonds. The van der Waals surface area contributed by atoms with Crippen LogP contribution in [0.2, 0.25) is 5.02 Å². The minimum atomic E-state index is -0.468. The lowest BCUT2D eigenvalue weighted by Gasteiger charge is -2.10. The predicted octanol–water partition coefficient (Wildman–Crippen LogP) is 3.69. The fourth-order valence-electron chi connectivity index (χ4n) is 1.66. The third-order valence-corrected chi connectivity index (χ3v) is 3.75. The molecule has 2 aromatic carbocycles. The lowest BCUT2D eigenvalue weighted by Crippen LogP contribution is -2.13. The second-order valence-corrected chi connectivity index (χ2v) is 5.94. The van der Waals surface area contributed by atoms with Gasteiger partial charge in [-0.25, -0.2) is 0 Å². The Balaban J connectivity index is 2.25. The number of phenolic OH excluding ortho intramolecular Hbond substituents is 1. The molecular formula is C14H10BrClN2O2S. The summed E-state index contributed by atoms with van der Waals surface area (Å²) in [6.45, 7) is 0. The van der Waals surface area contributed by atoms with Crippen LogP contribution in [0.15, 0.2) is 40.9 Å². The zero-order valence-corrected chi connectivity index (χ0v) is 13.7. The van der Waals surface area contributed by atoms with Gasteiger partial charge in [0.05, 0.1) is 16.3 Å². The minimum Gasteiger partial charge on any atom is -0.507 e. The van der Waals surface area contributed by atoms with Crippen LogP contribution in [0.3, 0.4) is 0 Å². The van der Waals surface area contributed by atoms with E-state index in [2.05, 4.69) is 21.2 Å². The number of hydrogen-bond donors (Lipinski definition) is 3. The summed E-state index contributed by atoms with van der Waals surface area (Å²) in [4.78, 5) is 12.3. The van der Waals surface area contributed by atoms with Crippen molar-refractivity contribution < 1.29 is 9.90 Å². The summed E-state index contributed by atoms with van der Waals surface area (Å²) in [5, 5.41) is 12.7. The molecule has 0 aliphatic heterocycles. The highest BCUT2D eigenvalue weighted by Crippen LogP contribution is 2.26. The maximum absolute atomic E-state index is 12.1. The van der Waals surface area contributed by atoms with Gasteiger partial charge in [0.25, 0.3) is 5.91 Å². The monoisotopic (exact) mass is 384 g/mol. The molecule has 0 aromatic heterocycles. The third-order valence-electron chi connectivity index (χ3n) is 2.71. The van der Waals surface area contributed by atoms with E-state index in [1.807, 2.05) is 0 Å². The number of benzene rings is 2. The molecule has 0 heterocycles. The lowest BCUT2D eigenvalue weighted by atomic mass is 10.1. The van der Waals surface area contributed by atoms with Gasteiger partial charge in [-0.1, -0.05) is 39.7 Å². The molecule has 0 saturated heterocycles. The average molecular weight is 386 g/mol. The van der Waals surface area contributed by atoms with Crippen molar-refractivity contribution >= 4 is 56.3 Å². The fourth-order valence-corrected chi connectivity index (χ4v) is 2.36. The number of nitrogens with two attached hydrogens (primary N) is 1. The predicted molar refractivity (Wildman–Crippen MR) is 91.1 cm³/mol. The van der Waals surface area contributed by atoms with Crippen molar-refractivity contribution in [1.29, 1.82) is 0 Å². The highest BCUT2D eigenvalue weighted by molar-refractivity contribution is 9.10. The van der Waals surface area contributed by atoms with E-state index >= 15 is 0 Å². The Bertz CT molecular complexity index is 737. The molecule has 0 aliphatic rings. The molecule has 0 aliphatic carbocycles. The SMILES string of the molecule is NC(=S)c1ccc(NC(=O)c2ccc(Br)cc2O)c(Cl)c1. The Morgan fingerprint density at radius 1 is 1.29 bits per heavy atom. The maximum atomic E-state index is 12.1. The van der Waals surface area contributed by atoms with Gasteiger partial charge in [-0.05, 0) is 36.4 Å². The molecule has 2 aromatic rings. The van der Waals surface area contributed by atoms with E-state index in [0.29, 0.717) is 20.7 Å². The summed E-state index contributed by atoms with van der Waals surface area (Å²) in [6, 6.07) is 9.43. The highest BCUT2D eigenvalue weighted by Gasteiger charge is 2.13. The Morgan fingerprint density at radius 2 is 2.00 bits per heavy atom. The van der Waals surface area contributed by atoms with Crippen LogP contribution in [0.4, 0.5) is 5.69 Å². The molecule has 4 nitrogen and oxygen atoms in total. The van der Waals surface area contributed by atoms with E-state index in [9.17, 15) is 9.90 Å². The zero-order valence-electron chi connectivity index (χ0n) is 10.6. The van der Waals surface area contributed by atoms with E-state index in [4.69, 9.17) is 29.6 Å². The molecule has 0 fully saturated rings. The summed E-state index contributed by atoms with van der Waals surface area (Å²) in [5.74, 6) is -0.595. The molecule has 7 heteroatoms. The van der Waals surface area contributed by atoms with Crippen molar-refractivity contribution in [3.63, 3.8) is 0 Å². The van der Waals surface area contributed by atoms with Crippen LogP contribution in [-0.4, -0.2) is 16.0 Å². The van der Waals surface area contributed by atoms with Crippen LogP contribution in [0.25, 0.3) is 0 Å². The number of thiocarbonyl (C=S) groups is 1. The van der Waals surface area contributed by atoms with Crippen LogP contribution in [0, 0.1) is 0 Å². The van der Waals surface area contributed by atoms with Crippen LogP contribution in [-0.2, 0) is 0 Å². The van der Waals surface area contributed by atoms with Gasteiger partial charge in [0.1, 0.15) is 10.7 Å². The molecule has 2 rings (SSSR count). The van der Waals surface area contributed by atoms with Gasteiger partial charge < -0.3 is 16.2 Å². The topological polar surface area (TPSA) is 75.3 Å². The first-order valence-electron chi connectivity index (χ1n) is 5.77. The number of anilines is 1. The molecule has 0 bridgehead atoms. The van der Waals surface area contributed by atoms with Crippen LogP contribution in [0.1, 0.15) is 15.9 Å². The first-order valence-corrected chi connectivity index (χ1v) is 7.35. The van der Waals surface area contributed by atoms with E-state index in [0.717, 1.165) is 0 Å². The molecular weight excluding hydrogens is 376 g/mol. The van der Waals surface area contributed by atoms with Gasteiger partial charge in [-0.3, -0.25) is 4.79 Å². The molecule has 0 saturated carbocycles. The Kier molecular flexibility index (Phi) is 4.82.